The zero-order valence-electron chi connectivity index (χ0n) is 14.9. The third kappa shape index (κ3) is 4.37. The molecule has 2 N–H and O–H groups in total. The van der Waals surface area contributed by atoms with E-state index in [-0.39, 0.29) is 16.8 Å². The molecule has 144 valence electrons. The molecule has 0 bridgehead atoms. The lowest BCUT2D eigenvalue weighted by Gasteiger charge is -2.12. The van der Waals surface area contributed by atoms with Crippen LogP contribution in [0.15, 0.2) is 45.8 Å². The minimum atomic E-state index is -0.549. The number of hydrogen-bond acceptors (Lipinski definition) is 7. The van der Waals surface area contributed by atoms with E-state index in [1.807, 2.05) is 0 Å². The van der Waals surface area contributed by atoms with E-state index in [4.69, 9.17) is 19.6 Å². The van der Waals surface area contributed by atoms with Gasteiger partial charge in [0.05, 0.1) is 29.2 Å². The number of ether oxygens (including phenoxy) is 3. The van der Waals surface area contributed by atoms with E-state index in [2.05, 4.69) is 21.2 Å². The maximum Gasteiger partial charge on any atom is 0.343 e. The number of amidine groups is 1. The molecule has 9 heteroatoms. The van der Waals surface area contributed by atoms with Crippen LogP contribution in [0.2, 0.25) is 0 Å². The molecule has 2 aromatic carbocycles. The predicted molar refractivity (Wildman–Crippen MR) is 110 cm³/mol. The first-order valence-corrected chi connectivity index (χ1v) is 9.55. The van der Waals surface area contributed by atoms with E-state index >= 15 is 0 Å². The second-order valence-corrected chi connectivity index (χ2v) is 7.45. The van der Waals surface area contributed by atoms with E-state index in [9.17, 15) is 9.59 Å². The molecule has 3 rings (SSSR count). The normalized spacial score (nSPS) is 14.8. The van der Waals surface area contributed by atoms with Gasteiger partial charge in [-0.15, -0.1) is 0 Å². The van der Waals surface area contributed by atoms with Crippen LogP contribution in [-0.4, -0.2) is 31.3 Å². The number of nitrogens with one attached hydrogen (secondary N) is 2. The summed E-state index contributed by atoms with van der Waals surface area (Å²) in [6.45, 7) is 0. The van der Waals surface area contributed by atoms with Crippen molar-refractivity contribution in [1.29, 1.82) is 5.41 Å². The van der Waals surface area contributed by atoms with Gasteiger partial charge >= 0.3 is 5.97 Å². The van der Waals surface area contributed by atoms with Crippen LogP contribution in [0.5, 0.6) is 17.2 Å². The van der Waals surface area contributed by atoms with Gasteiger partial charge in [0.25, 0.3) is 5.91 Å². The monoisotopic (exact) mass is 462 g/mol. The largest absolute Gasteiger partial charge is 0.497 e. The fraction of sp³-hybridized carbons (Fsp3) is 0.105. The average Bonchev–Trinajstić information content (AvgIpc) is 3.00. The number of amides is 1. The quantitative estimate of drug-likeness (QED) is 0.398. The Morgan fingerprint density at radius 3 is 2.46 bits per heavy atom. The summed E-state index contributed by atoms with van der Waals surface area (Å²) in [4.78, 5) is 24.6. The van der Waals surface area contributed by atoms with Crippen LogP contribution in [0.1, 0.15) is 15.9 Å². The first-order valence-electron chi connectivity index (χ1n) is 7.94. The van der Waals surface area contributed by atoms with E-state index in [0.29, 0.717) is 32.0 Å². The van der Waals surface area contributed by atoms with Crippen LogP contribution in [0.3, 0.4) is 0 Å². The van der Waals surface area contributed by atoms with Crippen LogP contribution >= 0.6 is 27.7 Å². The number of carbonyl (C=O) groups is 2. The molecule has 1 amide bonds. The number of thioether (sulfide) groups is 1. The molecule has 28 heavy (non-hydrogen) atoms. The molecule has 0 saturated carbocycles. The number of hydrogen-bond donors (Lipinski definition) is 2. The second-order valence-electron chi connectivity index (χ2n) is 5.55. The van der Waals surface area contributed by atoms with Crippen molar-refractivity contribution in [2.45, 2.75) is 0 Å². The van der Waals surface area contributed by atoms with Crippen molar-refractivity contribution in [2.24, 2.45) is 0 Å². The lowest BCUT2D eigenvalue weighted by molar-refractivity contribution is -0.115. The summed E-state index contributed by atoms with van der Waals surface area (Å²) in [7, 11) is 3.00. The van der Waals surface area contributed by atoms with Gasteiger partial charge in [-0.2, -0.15) is 0 Å². The highest BCUT2D eigenvalue weighted by Crippen LogP contribution is 2.38. The molecular weight excluding hydrogens is 448 g/mol. The summed E-state index contributed by atoms with van der Waals surface area (Å²) in [6, 6.07) is 9.88. The number of methoxy groups -OCH3 is 2. The number of rotatable bonds is 5. The summed E-state index contributed by atoms with van der Waals surface area (Å²) in [5, 5.41) is 9.99. The van der Waals surface area contributed by atoms with Crippen molar-refractivity contribution in [1.82, 2.24) is 5.32 Å². The minimum Gasteiger partial charge on any atom is -0.497 e. The highest BCUT2D eigenvalue weighted by atomic mass is 79.9. The number of carbonyl (C=O) groups excluding carboxylic acids is 2. The number of benzene rings is 2. The van der Waals surface area contributed by atoms with Crippen molar-refractivity contribution >= 4 is 50.8 Å². The standard InChI is InChI=1S/C19H15BrN2O5S/c1-25-12-5-3-11(4-6-12)18(24)27-16-13(20)7-10(8-14(16)26-2)9-15-17(23)22-19(21)28-15/h3-9H,1-2H3,(H2,21,22,23). The summed E-state index contributed by atoms with van der Waals surface area (Å²) >= 11 is 4.42. The van der Waals surface area contributed by atoms with E-state index in [1.165, 1.54) is 7.11 Å². The Morgan fingerprint density at radius 2 is 1.89 bits per heavy atom. The average molecular weight is 463 g/mol. The Morgan fingerprint density at radius 1 is 1.18 bits per heavy atom. The molecule has 0 radical (unpaired) electrons. The SMILES string of the molecule is COc1ccc(C(=O)Oc2c(Br)cc(C=C3SC(=N)NC3=O)cc2OC)cc1. The van der Waals surface area contributed by atoms with Gasteiger partial charge in [-0.3, -0.25) is 10.2 Å². The van der Waals surface area contributed by atoms with Crippen molar-refractivity contribution in [3.8, 4) is 17.2 Å². The topological polar surface area (TPSA) is 97.7 Å². The molecule has 7 nitrogen and oxygen atoms in total. The van der Waals surface area contributed by atoms with Crippen LogP contribution in [0.25, 0.3) is 6.08 Å². The zero-order valence-corrected chi connectivity index (χ0v) is 17.3. The van der Waals surface area contributed by atoms with Crippen molar-refractivity contribution < 1.29 is 23.8 Å². The lowest BCUT2D eigenvalue weighted by Crippen LogP contribution is -2.18. The molecule has 1 saturated heterocycles. The van der Waals surface area contributed by atoms with Crippen molar-refractivity contribution in [3.63, 3.8) is 0 Å². The van der Waals surface area contributed by atoms with Crippen molar-refractivity contribution in [2.75, 3.05) is 14.2 Å². The summed E-state index contributed by atoms with van der Waals surface area (Å²) < 4.78 is 16.4. The fourth-order valence-corrected chi connectivity index (χ4v) is 3.64. The molecule has 0 spiro atoms. The Hall–Kier alpha value is -2.78. The molecular formula is C19H15BrN2O5S. The third-order valence-electron chi connectivity index (χ3n) is 3.73. The first-order chi connectivity index (χ1) is 13.4. The van der Waals surface area contributed by atoms with Gasteiger partial charge in [-0.05, 0) is 75.7 Å². The maximum atomic E-state index is 12.4. The van der Waals surface area contributed by atoms with Gasteiger partial charge in [0, 0.05) is 0 Å². The molecule has 0 atom stereocenters. The smallest absolute Gasteiger partial charge is 0.343 e. The summed E-state index contributed by atoms with van der Waals surface area (Å²) in [6.07, 6.45) is 1.63. The Kier molecular flexibility index (Phi) is 6.05. The first kappa shape index (κ1) is 20.0. The molecule has 0 aliphatic carbocycles. The van der Waals surface area contributed by atoms with Gasteiger partial charge in [0.15, 0.2) is 16.7 Å². The van der Waals surface area contributed by atoms with Crippen LogP contribution < -0.4 is 19.5 Å². The predicted octanol–water partition coefficient (Wildman–Crippen LogP) is 3.82. The van der Waals surface area contributed by atoms with E-state index in [0.717, 1.165) is 11.8 Å². The van der Waals surface area contributed by atoms with Gasteiger partial charge in [0.1, 0.15) is 5.75 Å². The van der Waals surface area contributed by atoms with E-state index in [1.54, 1.807) is 49.6 Å². The Labute approximate surface area is 173 Å². The van der Waals surface area contributed by atoms with Gasteiger partial charge in [-0.25, -0.2) is 4.79 Å². The molecule has 1 fully saturated rings. The maximum absolute atomic E-state index is 12.4. The Bertz CT molecular complexity index is 989. The highest BCUT2D eigenvalue weighted by Gasteiger charge is 2.23. The number of esters is 1. The Balaban J connectivity index is 1.87. The second kappa shape index (κ2) is 8.49. The van der Waals surface area contributed by atoms with Gasteiger partial charge in [-0.1, -0.05) is 0 Å². The summed E-state index contributed by atoms with van der Waals surface area (Å²) in [5.41, 5.74) is 1.01. The zero-order chi connectivity index (χ0) is 20.3. The molecule has 1 aliphatic rings. The third-order valence-corrected chi connectivity index (χ3v) is 5.15. The van der Waals surface area contributed by atoms with Crippen molar-refractivity contribution in [3.05, 3.63) is 56.9 Å². The van der Waals surface area contributed by atoms with Crippen LogP contribution in [0, 0.1) is 5.41 Å². The van der Waals surface area contributed by atoms with Crippen LogP contribution in [-0.2, 0) is 4.79 Å². The minimum absolute atomic E-state index is 0.0762. The number of halogens is 1. The molecule has 2 aromatic rings. The fourth-order valence-electron chi connectivity index (χ4n) is 2.39. The molecule has 0 unspecified atom stereocenters. The molecule has 1 aliphatic heterocycles. The summed E-state index contributed by atoms with van der Waals surface area (Å²) in [5.74, 6) is 0.296. The molecule has 1 heterocycles. The van der Waals surface area contributed by atoms with Gasteiger partial charge < -0.3 is 19.5 Å². The highest BCUT2D eigenvalue weighted by molar-refractivity contribution is 9.10. The lowest BCUT2D eigenvalue weighted by atomic mass is 10.1. The molecule has 0 aromatic heterocycles. The van der Waals surface area contributed by atoms with Gasteiger partial charge in [0.2, 0.25) is 0 Å². The van der Waals surface area contributed by atoms with Crippen LogP contribution in [0.4, 0.5) is 0 Å². The van der Waals surface area contributed by atoms with E-state index < -0.39 is 5.97 Å².